The van der Waals surface area contributed by atoms with Gasteiger partial charge in [0, 0.05) is 23.7 Å². The SMILES string of the molecule is CC[C@@H](C(=O)NC(C)C)N(Cc1ccccc1C)C(=O)CN(c1ccc(Cl)cc1)S(=O)(=O)c1ccc(OC)c(OC)c1. The van der Waals surface area contributed by atoms with Crippen molar-refractivity contribution in [3.8, 4) is 11.5 Å². The first-order chi connectivity index (χ1) is 19.9. The highest BCUT2D eigenvalue weighted by Gasteiger charge is 2.34. The molecule has 0 heterocycles. The molecule has 3 aromatic carbocycles. The summed E-state index contributed by atoms with van der Waals surface area (Å²) in [6, 6.07) is 17.0. The topological polar surface area (TPSA) is 105 Å². The van der Waals surface area contributed by atoms with E-state index in [1.165, 1.54) is 49.5 Å². The summed E-state index contributed by atoms with van der Waals surface area (Å²) < 4.78 is 39.9. The van der Waals surface area contributed by atoms with Gasteiger partial charge >= 0.3 is 0 Å². The number of carbonyl (C=O) groups is 2. The zero-order valence-electron chi connectivity index (χ0n) is 24.8. The van der Waals surface area contributed by atoms with Crippen molar-refractivity contribution in [3.05, 3.63) is 82.9 Å². The molecular weight excluding hydrogens is 578 g/mol. The Balaban J connectivity index is 2.11. The van der Waals surface area contributed by atoms with Crippen molar-refractivity contribution in [2.24, 2.45) is 0 Å². The van der Waals surface area contributed by atoms with Crippen molar-refractivity contribution >= 4 is 39.1 Å². The number of sulfonamides is 1. The molecule has 2 amide bonds. The van der Waals surface area contributed by atoms with Gasteiger partial charge in [-0.25, -0.2) is 8.42 Å². The number of methoxy groups -OCH3 is 2. The number of carbonyl (C=O) groups excluding carboxylic acids is 2. The Morgan fingerprint density at radius 2 is 1.60 bits per heavy atom. The van der Waals surface area contributed by atoms with Crippen molar-refractivity contribution < 1.29 is 27.5 Å². The van der Waals surface area contributed by atoms with Crippen molar-refractivity contribution in [2.75, 3.05) is 25.1 Å². The molecule has 0 bridgehead atoms. The van der Waals surface area contributed by atoms with Crippen molar-refractivity contribution in [2.45, 2.75) is 57.6 Å². The molecule has 0 unspecified atom stereocenters. The van der Waals surface area contributed by atoms with E-state index in [0.717, 1.165) is 15.4 Å². The lowest BCUT2D eigenvalue weighted by Gasteiger charge is -2.34. The zero-order chi connectivity index (χ0) is 31.0. The molecule has 0 saturated heterocycles. The van der Waals surface area contributed by atoms with Crippen LogP contribution in [0.3, 0.4) is 0 Å². The number of nitrogens with one attached hydrogen (secondary N) is 1. The third-order valence-electron chi connectivity index (χ3n) is 6.76. The molecule has 0 fully saturated rings. The van der Waals surface area contributed by atoms with E-state index in [4.69, 9.17) is 21.1 Å². The smallest absolute Gasteiger partial charge is 0.264 e. The van der Waals surface area contributed by atoms with Crippen LogP contribution in [0.25, 0.3) is 0 Å². The van der Waals surface area contributed by atoms with Gasteiger partial charge in [-0.2, -0.15) is 0 Å². The minimum atomic E-state index is -4.30. The minimum Gasteiger partial charge on any atom is -0.493 e. The average molecular weight is 616 g/mol. The number of aryl methyl sites for hydroxylation is 1. The van der Waals surface area contributed by atoms with Gasteiger partial charge in [0.05, 0.1) is 24.8 Å². The summed E-state index contributed by atoms with van der Waals surface area (Å²) in [5.41, 5.74) is 2.03. The number of hydrogen-bond acceptors (Lipinski definition) is 6. The van der Waals surface area contributed by atoms with Crippen molar-refractivity contribution in [1.82, 2.24) is 10.2 Å². The lowest BCUT2D eigenvalue weighted by atomic mass is 10.1. The van der Waals surface area contributed by atoms with E-state index in [1.807, 2.05) is 52.0 Å². The number of halogens is 1. The molecule has 0 spiro atoms. The first kappa shape index (κ1) is 32.8. The second-order valence-electron chi connectivity index (χ2n) is 10.0. The van der Waals surface area contributed by atoms with E-state index >= 15 is 0 Å². The van der Waals surface area contributed by atoms with Gasteiger partial charge in [-0.15, -0.1) is 0 Å². The molecule has 1 N–H and O–H groups in total. The number of amides is 2. The summed E-state index contributed by atoms with van der Waals surface area (Å²) in [7, 11) is -1.44. The Kier molecular flexibility index (Phi) is 11.2. The summed E-state index contributed by atoms with van der Waals surface area (Å²) in [6.07, 6.45) is 0.333. The van der Waals surface area contributed by atoms with E-state index in [9.17, 15) is 18.0 Å². The molecular formula is C31H38ClN3O6S. The fraction of sp³-hybridized carbons (Fsp3) is 0.355. The van der Waals surface area contributed by atoms with E-state index in [-0.39, 0.29) is 34.8 Å². The molecule has 0 aliphatic heterocycles. The first-order valence-electron chi connectivity index (χ1n) is 13.6. The predicted molar refractivity (Wildman–Crippen MR) is 165 cm³/mol. The minimum absolute atomic E-state index is 0.0991. The van der Waals surface area contributed by atoms with Gasteiger partial charge in [0.15, 0.2) is 11.5 Å². The Morgan fingerprint density at radius 1 is 0.952 bits per heavy atom. The molecule has 0 aliphatic carbocycles. The summed E-state index contributed by atoms with van der Waals surface area (Å²) in [4.78, 5) is 28.8. The highest BCUT2D eigenvalue weighted by atomic mass is 35.5. The zero-order valence-corrected chi connectivity index (χ0v) is 26.3. The van der Waals surface area contributed by atoms with Crippen LogP contribution in [-0.2, 0) is 26.2 Å². The van der Waals surface area contributed by atoms with E-state index in [2.05, 4.69) is 5.32 Å². The third kappa shape index (κ3) is 7.74. The molecule has 3 aromatic rings. The standard InChI is InChI=1S/C31H38ClN3O6S/c1-7-27(31(37)33-21(2)3)34(19-23-11-9-8-10-22(23)4)30(36)20-35(25-14-12-24(32)13-15-25)42(38,39)26-16-17-28(40-5)29(18-26)41-6/h8-18,21,27H,7,19-20H2,1-6H3,(H,33,37)/t27-/m0/s1. The first-order valence-corrected chi connectivity index (χ1v) is 15.4. The van der Waals surface area contributed by atoms with E-state index < -0.39 is 28.5 Å². The fourth-order valence-electron chi connectivity index (χ4n) is 4.51. The number of benzene rings is 3. The average Bonchev–Trinajstić information content (AvgIpc) is 2.96. The predicted octanol–water partition coefficient (Wildman–Crippen LogP) is 5.19. The summed E-state index contributed by atoms with van der Waals surface area (Å²) in [5.74, 6) is -0.270. The normalized spacial score (nSPS) is 12.0. The van der Waals surface area contributed by atoms with Crippen LogP contribution in [-0.4, -0.2) is 58.0 Å². The van der Waals surface area contributed by atoms with Crippen LogP contribution < -0.4 is 19.1 Å². The molecule has 3 rings (SSSR count). The van der Waals surface area contributed by atoms with Crippen molar-refractivity contribution in [1.29, 1.82) is 0 Å². The van der Waals surface area contributed by atoms with Crippen LogP contribution >= 0.6 is 11.6 Å². The van der Waals surface area contributed by atoms with Gasteiger partial charge < -0.3 is 19.7 Å². The van der Waals surface area contributed by atoms with E-state index in [0.29, 0.717) is 17.2 Å². The molecule has 9 nitrogen and oxygen atoms in total. The maximum atomic E-state index is 14.2. The number of rotatable bonds is 13. The van der Waals surface area contributed by atoms with Crippen LogP contribution in [0.15, 0.2) is 71.6 Å². The molecule has 0 saturated carbocycles. The van der Waals surface area contributed by atoms with Crippen LogP contribution in [0.5, 0.6) is 11.5 Å². The van der Waals surface area contributed by atoms with Gasteiger partial charge in [-0.1, -0.05) is 42.8 Å². The van der Waals surface area contributed by atoms with Crippen LogP contribution in [0.4, 0.5) is 5.69 Å². The highest BCUT2D eigenvalue weighted by Crippen LogP contribution is 2.33. The second-order valence-corrected chi connectivity index (χ2v) is 12.3. The van der Waals surface area contributed by atoms with Gasteiger partial charge in [-0.3, -0.25) is 13.9 Å². The monoisotopic (exact) mass is 615 g/mol. The second kappa shape index (κ2) is 14.4. The van der Waals surface area contributed by atoms with Crippen molar-refractivity contribution in [3.63, 3.8) is 0 Å². The molecule has 1 atom stereocenters. The molecule has 42 heavy (non-hydrogen) atoms. The Morgan fingerprint density at radius 3 is 2.17 bits per heavy atom. The molecule has 0 aromatic heterocycles. The lowest BCUT2D eigenvalue weighted by Crippen LogP contribution is -2.53. The molecule has 0 aliphatic rings. The largest absolute Gasteiger partial charge is 0.493 e. The Hall–Kier alpha value is -3.76. The Bertz CT molecular complexity index is 1490. The van der Waals surface area contributed by atoms with Gasteiger partial charge in [0.2, 0.25) is 11.8 Å². The molecule has 0 radical (unpaired) electrons. The highest BCUT2D eigenvalue weighted by molar-refractivity contribution is 7.92. The maximum Gasteiger partial charge on any atom is 0.264 e. The van der Waals surface area contributed by atoms with Crippen LogP contribution in [0.2, 0.25) is 5.02 Å². The third-order valence-corrected chi connectivity index (χ3v) is 8.78. The van der Waals surface area contributed by atoms with E-state index in [1.54, 1.807) is 12.1 Å². The number of anilines is 1. The van der Waals surface area contributed by atoms with Gasteiger partial charge in [0.1, 0.15) is 12.6 Å². The summed E-state index contributed by atoms with van der Waals surface area (Å²) >= 11 is 6.10. The van der Waals surface area contributed by atoms with Gasteiger partial charge in [-0.05, 0) is 74.7 Å². The van der Waals surface area contributed by atoms with Crippen LogP contribution in [0.1, 0.15) is 38.3 Å². The lowest BCUT2D eigenvalue weighted by molar-refractivity contribution is -0.140. The number of hydrogen-bond donors (Lipinski definition) is 1. The molecule has 11 heteroatoms. The number of nitrogens with zero attached hydrogens (tertiary/aromatic N) is 2. The van der Waals surface area contributed by atoms with Gasteiger partial charge in [0.25, 0.3) is 10.0 Å². The van der Waals surface area contributed by atoms with Crippen LogP contribution in [0, 0.1) is 6.92 Å². The quantitative estimate of drug-likeness (QED) is 0.284. The fourth-order valence-corrected chi connectivity index (χ4v) is 6.07. The molecule has 226 valence electrons. The summed E-state index contributed by atoms with van der Waals surface area (Å²) in [5, 5.41) is 3.30. The summed E-state index contributed by atoms with van der Waals surface area (Å²) in [6.45, 7) is 7.00. The number of ether oxygens (including phenoxy) is 2. The Labute approximate surface area is 253 Å². The maximum absolute atomic E-state index is 14.2.